The van der Waals surface area contributed by atoms with E-state index in [4.69, 9.17) is 4.74 Å². The molecular formula is C15H35IN4O. The van der Waals surface area contributed by atoms with Crippen molar-refractivity contribution in [2.75, 3.05) is 53.0 Å². The van der Waals surface area contributed by atoms with Crippen LogP contribution in [0, 0.1) is 0 Å². The van der Waals surface area contributed by atoms with Gasteiger partial charge in [0, 0.05) is 26.7 Å². The van der Waals surface area contributed by atoms with Crippen molar-refractivity contribution in [3.8, 4) is 0 Å². The van der Waals surface area contributed by atoms with Gasteiger partial charge in [-0.3, -0.25) is 4.99 Å². The van der Waals surface area contributed by atoms with Gasteiger partial charge in [-0.25, -0.2) is 0 Å². The van der Waals surface area contributed by atoms with Crippen LogP contribution in [0.2, 0.25) is 0 Å². The summed E-state index contributed by atoms with van der Waals surface area (Å²) in [6.07, 6.45) is 3.57. The molecule has 0 aliphatic rings. The third-order valence-corrected chi connectivity index (χ3v) is 2.92. The summed E-state index contributed by atoms with van der Waals surface area (Å²) >= 11 is 0. The Bertz CT molecular complexity index is 234. The van der Waals surface area contributed by atoms with E-state index in [2.05, 4.69) is 41.3 Å². The molecule has 0 aromatic heterocycles. The minimum absolute atomic E-state index is 0. The van der Waals surface area contributed by atoms with Crippen molar-refractivity contribution in [1.29, 1.82) is 0 Å². The maximum absolute atomic E-state index is 5.03. The highest BCUT2D eigenvalue weighted by molar-refractivity contribution is 14.0. The molecule has 0 fully saturated rings. The second kappa shape index (κ2) is 18.0. The zero-order chi connectivity index (χ0) is 15.1. The Balaban J connectivity index is 0. The molecule has 128 valence electrons. The van der Waals surface area contributed by atoms with Crippen molar-refractivity contribution in [2.45, 2.75) is 40.0 Å². The van der Waals surface area contributed by atoms with Gasteiger partial charge in [-0.1, -0.05) is 13.8 Å². The third kappa shape index (κ3) is 14.6. The highest BCUT2D eigenvalue weighted by Gasteiger charge is 2.02. The van der Waals surface area contributed by atoms with Gasteiger partial charge in [0.1, 0.15) is 0 Å². The van der Waals surface area contributed by atoms with Gasteiger partial charge in [0.05, 0.1) is 6.61 Å². The number of methoxy groups -OCH3 is 1. The van der Waals surface area contributed by atoms with Crippen LogP contribution in [0.3, 0.4) is 0 Å². The van der Waals surface area contributed by atoms with E-state index in [9.17, 15) is 0 Å². The van der Waals surface area contributed by atoms with Crippen LogP contribution in [0.1, 0.15) is 40.0 Å². The average molecular weight is 414 g/mol. The number of ether oxygens (including phenoxy) is 1. The molecule has 0 radical (unpaired) electrons. The first-order valence-corrected chi connectivity index (χ1v) is 8.01. The molecule has 0 amide bonds. The molecule has 0 unspecified atom stereocenters. The highest BCUT2D eigenvalue weighted by atomic mass is 127. The molecule has 0 saturated heterocycles. The summed E-state index contributed by atoms with van der Waals surface area (Å²) in [5.41, 5.74) is 0. The number of rotatable bonds is 12. The molecule has 5 nitrogen and oxygen atoms in total. The molecular weight excluding hydrogens is 379 g/mol. The molecule has 0 saturated carbocycles. The molecule has 0 aromatic rings. The Hall–Kier alpha value is -0.0800. The van der Waals surface area contributed by atoms with E-state index in [-0.39, 0.29) is 24.0 Å². The fourth-order valence-electron chi connectivity index (χ4n) is 2.07. The molecule has 0 aliphatic carbocycles. The molecule has 21 heavy (non-hydrogen) atoms. The first-order valence-electron chi connectivity index (χ1n) is 8.01. The van der Waals surface area contributed by atoms with E-state index in [0.29, 0.717) is 6.61 Å². The summed E-state index contributed by atoms with van der Waals surface area (Å²) in [4.78, 5) is 7.12. The van der Waals surface area contributed by atoms with E-state index in [1.54, 1.807) is 7.11 Å². The number of nitrogens with zero attached hydrogens (tertiary/aromatic N) is 2. The number of guanidine groups is 1. The molecule has 0 atom stereocenters. The SMILES string of the molecule is CCCN(CCC)CCCN=C(NCC)NCCOC.I. The van der Waals surface area contributed by atoms with Crippen LogP contribution in [0.25, 0.3) is 0 Å². The fraction of sp³-hybridized carbons (Fsp3) is 0.933. The van der Waals surface area contributed by atoms with Gasteiger partial charge in [0.15, 0.2) is 5.96 Å². The number of hydrogen-bond donors (Lipinski definition) is 2. The highest BCUT2D eigenvalue weighted by Crippen LogP contribution is 1.96. The van der Waals surface area contributed by atoms with Crippen molar-refractivity contribution >= 4 is 29.9 Å². The number of nitrogens with one attached hydrogen (secondary N) is 2. The smallest absolute Gasteiger partial charge is 0.191 e. The van der Waals surface area contributed by atoms with E-state index in [1.807, 2.05) is 0 Å². The van der Waals surface area contributed by atoms with Crippen LogP contribution >= 0.6 is 24.0 Å². The molecule has 0 aromatic carbocycles. The molecule has 0 aliphatic heterocycles. The van der Waals surface area contributed by atoms with Crippen LogP contribution < -0.4 is 10.6 Å². The lowest BCUT2D eigenvalue weighted by atomic mass is 10.3. The van der Waals surface area contributed by atoms with Gasteiger partial charge in [0.2, 0.25) is 0 Å². The van der Waals surface area contributed by atoms with Crippen molar-refractivity contribution in [3.05, 3.63) is 0 Å². The topological polar surface area (TPSA) is 48.9 Å². The first kappa shape index (κ1) is 23.2. The van der Waals surface area contributed by atoms with Gasteiger partial charge in [-0.15, -0.1) is 24.0 Å². The summed E-state index contributed by atoms with van der Waals surface area (Å²) in [5.74, 6) is 0.891. The molecule has 2 N–H and O–H groups in total. The van der Waals surface area contributed by atoms with E-state index >= 15 is 0 Å². The quantitative estimate of drug-likeness (QED) is 0.223. The molecule has 0 spiro atoms. The summed E-state index contributed by atoms with van der Waals surface area (Å²) in [5, 5.41) is 6.51. The van der Waals surface area contributed by atoms with Crippen molar-refractivity contribution in [3.63, 3.8) is 0 Å². The summed E-state index contributed by atoms with van der Waals surface area (Å²) in [7, 11) is 1.71. The number of aliphatic imine (C=N–C) groups is 1. The van der Waals surface area contributed by atoms with Gasteiger partial charge < -0.3 is 20.3 Å². The normalized spacial score (nSPS) is 11.4. The van der Waals surface area contributed by atoms with Gasteiger partial charge in [-0.05, 0) is 45.8 Å². The van der Waals surface area contributed by atoms with E-state index in [0.717, 1.165) is 38.6 Å². The van der Waals surface area contributed by atoms with Crippen molar-refractivity contribution in [1.82, 2.24) is 15.5 Å². The second-order valence-electron chi connectivity index (χ2n) is 4.88. The molecule has 6 heteroatoms. The summed E-state index contributed by atoms with van der Waals surface area (Å²) in [6, 6.07) is 0. The van der Waals surface area contributed by atoms with Crippen molar-refractivity contribution < 1.29 is 4.74 Å². The minimum atomic E-state index is 0. The average Bonchev–Trinajstić information content (AvgIpc) is 2.44. The number of halogens is 1. The second-order valence-corrected chi connectivity index (χ2v) is 4.88. The zero-order valence-corrected chi connectivity index (χ0v) is 16.6. The molecule has 0 bridgehead atoms. The Morgan fingerprint density at radius 1 is 1.05 bits per heavy atom. The van der Waals surface area contributed by atoms with Crippen LogP contribution in [0.15, 0.2) is 4.99 Å². The lowest BCUT2D eigenvalue weighted by Gasteiger charge is -2.20. The van der Waals surface area contributed by atoms with Crippen LogP contribution in [-0.4, -0.2) is 63.8 Å². The summed E-state index contributed by atoms with van der Waals surface area (Å²) in [6.45, 7) is 13.3. The predicted octanol–water partition coefficient (Wildman–Crippen LogP) is 2.32. The maximum atomic E-state index is 5.03. The van der Waals surface area contributed by atoms with Crippen LogP contribution in [-0.2, 0) is 4.74 Å². The Kier molecular flexibility index (Phi) is 19.8. The lowest BCUT2D eigenvalue weighted by molar-refractivity contribution is 0.203. The standard InChI is InChI=1S/C15H34N4O.HI/c1-5-11-19(12-6-2)13-8-9-17-15(16-7-3)18-10-14-20-4;/h5-14H2,1-4H3,(H2,16,17,18);1H. The lowest BCUT2D eigenvalue weighted by Crippen LogP contribution is -2.39. The Labute approximate surface area is 148 Å². The van der Waals surface area contributed by atoms with Crippen LogP contribution in [0.4, 0.5) is 0 Å². The first-order chi connectivity index (χ1) is 9.78. The third-order valence-electron chi connectivity index (χ3n) is 2.92. The zero-order valence-electron chi connectivity index (χ0n) is 14.3. The minimum Gasteiger partial charge on any atom is -0.383 e. The number of hydrogen-bond acceptors (Lipinski definition) is 3. The van der Waals surface area contributed by atoms with Gasteiger partial charge in [-0.2, -0.15) is 0 Å². The van der Waals surface area contributed by atoms with Gasteiger partial charge in [0.25, 0.3) is 0 Å². The largest absolute Gasteiger partial charge is 0.383 e. The molecule has 0 heterocycles. The fourth-order valence-corrected chi connectivity index (χ4v) is 2.07. The maximum Gasteiger partial charge on any atom is 0.191 e. The van der Waals surface area contributed by atoms with Crippen molar-refractivity contribution in [2.24, 2.45) is 4.99 Å². The van der Waals surface area contributed by atoms with Gasteiger partial charge >= 0.3 is 0 Å². The Morgan fingerprint density at radius 2 is 1.71 bits per heavy atom. The summed E-state index contributed by atoms with van der Waals surface area (Å²) < 4.78 is 5.03. The van der Waals surface area contributed by atoms with E-state index < -0.39 is 0 Å². The predicted molar refractivity (Wildman–Crippen MR) is 103 cm³/mol. The monoisotopic (exact) mass is 414 g/mol. The van der Waals surface area contributed by atoms with E-state index in [1.165, 1.54) is 25.9 Å². The van der Waals surface area contributed by atoms with Crippen LogP contribution in [0.5, 0.6) is 0 Å². The molecule has 0 rings (SSSR count). The Morgan fingerprint density at radius 3 is 2.24 bits per heavy atom.